The van der Waals surface area contributed by atoms with Crippen molar-refractivity contribution in [1.82, 2.24) is 4.98 Å². The van der Waals surface area contributed by atoms with E-state index in [2.05, 4.69) is 27.6 Å². The van der Waals surface area contributed by atoms with Crippen molar-refractivity contribution in [2.45, 2.75) is 18.3 Å². The lowest BCUT2D eigenvalue weighted by Crippen LogP contribution is -2.17. The Labute approximate surface area is 107 Å². The highest BCUT2D eigenvalue weighted by atomic mass is 127. The zero-order valence-electron chi connectivity index (χ0n) is 7.49. The Balaban J connectivity index is 2.12. The van der Waals surface area contributed by atoms with Crippen molar-refractivity contribution in [1.29, 1.82) is 0 Å². The van der Waals surface area contributed by atoms with Crippen molar-refractivity contribution in [3.05, 3.63) is 14.0 Å². The zero-order valence-corrected chi connectivity index (χ0v) is 11.3. The maximum absolute atomic E-state index is 11.1. The summed E-state index contributed by atoms with van der Waals surface area (Å²) in [4.78, 5) is 17.5. The second-order valence-corrected chi connectivity index (χ2v) is 7.45. The minimum absolute atomic E-state index is 0.573. The van der Waals surface area contributed by atoms with Crippen LogP contribution in [0.2, 0.25) is 0 Å². The van der Waals surface area contributed by atoms with Gasteiger partial charge >= 0.3 is 5.97 Å². The third-order valence-electron chi connectivity index (χ3n) is 2.69. The van der Waals surface area contributed by atoms with E-state index in [-0.39, 0.29) is 0 Å². The molecule has 0 atom stereocenters. The van der Waals surface area contributed by atoms with Gasteiger partial charge in [-0.2, -0.15) is 0 Å². The molecule has 3 nitrogen and oxygen atoms in total. The van der Waals surface area contributed by atoms with E-state index in [1.54, 1.807) is 11.3 Å². The predicted molar refractivity (Wildman–Crippen MR) is 68.8 cm³/mol. The van der Waals surface area contributed by atoms with Crippen LogP contribution in [0, 0.1) is 3.01 Å². The average Bonchev–Trinajstić information content (AvgIpc) is 2.77. The van der Waals surface area contributed by atoms with Gasteiger partial charge in [0.05, 0.1) is 4.70 Å². The van der Waals surface area contributed by atoms with E-state index in [0.717, 1.165) is 30.3 Å². The second kappa shape index (κ2) is 3.14. The third-order valence-corrected chi connectivity index (χ3v) is 5.75. The molecule has 2 aromatic heterocycles. The van der Waals surface area contributed by atoms with Gasteiger partial charge in [0.15, 0.2) is 3.01 Å². The fraction of sp³-hybridized carbons (Fsp3) is 0.333. The summed E-state index contributed by atoms with van der Waals surface area (Å²) in [6, 6.07) is 2.00. The summed E-state index contributed by atoms with van der Waals surface area (Å²) < 4.78 is 2.13. The first-order chi connectivity index (χ1) is 7.12. The number of nitrogens with zero attached hydrogens (tertiary/aromatic N) is 1. The number of thiazole rings is 1. The second-order valence-electron chi connectivity index (χ2n) is 3.63. The van der Waals surface area contributed by atoms with Gasteiger partial charge in [-0.05, 0) is 41.5 Å². The molecule has 2 heterocycles. The van der Waals surface area contributed by atoms with Crippen LogP contribution in [0.5, 0.6) is 0 Å². The number of thiophene rings is 1. The van der Waals surface area contributed by atoms with E-state index in [9.17, 15) is 4.79 Å². The van der Waals surface area contributed by atoms with Gasteiger partial charge in [-0.3, -0.25) is 4.79 Å². The first-order valence-electron chi connectivity index (χ1n) is 4.41. The Hall–Kier alpha value is -0.210. The van der Waals surface area contributed by atoms with Crippen LogP contribution in [-0.2, 0) is 10.2 Å². The predicted octanol–water partition coefficient (Wildman–Crippen LogP) is 3.08. The molecule has 78 valence electrons. The van der Waals surface area contributed by atoms with E-state index in [1.807, 2.05) is 6.07 Å². The van der Waals surface area contributed by atoms with Crippen molar-refractivity contribution in [3.8, 4) is 0 Å². The molecule has 6 heteroatoms. The van der Waals surface area contributed by atoms with Crippen LogP contribution in [0.3, 0.4) is 0 Å². The van der Waals surface area contributed by atoms with E-state index in [4.69, 9.17) is 5.11 Å². The van der Waals surface area contributed by atoms with Gasteiger partial charge in [0.25, 0.3) is 0 Å². The average molecular weight is 351 g/mol. The van der Waals surface area contributed by atoms with Gasteiger partial charge in [0.1, 0.15) is 10.2 Å². The Bertz CT molecular complexity index is 524. The van der Waals surface area contributed by atoms with Crippen molar-refractivity contribution < 1.29 is 9.90 Å². The number of carboxylic acid groups (broad SMARTS) is 1. The molecule has 0 bridgehead atoms. The molecule has 1 saturated carbocycles. The van der Waals surface area contributed by atoms with Crippen LogP contribution < -0.4 is 0 Å². The fourth-order valence-electron chi connectivity index (χ4n) is 1.64. The lowest BCUT2D eigenvalue weighted by molar-refractivity contribution is -0.139. The minimum Gasteiger partial charge on any atom is -0.481 e. The molecule has 0 saturated heterocycles. The molecule has 0 radical (unpaired) electrons. The molecule has 0 amide bonds. The summed E-state index contributed by atoms with van der Waals surface area (Å²) in [7, 11) is 0. The van der Waals surface area contributed by atoms with Crippen LogP contribution in [0.25, 0.3) is 9.53 Å². The topological polar surface area (TPSA) is 50.2 Å². The van der Waals surface area contributed by atoms with E-state index < -0.39 is 11.4 Å². The first-order valence-corrected chi connectivity index (χ1v) is 7.13. The monoisotopic (exact) mass is 351 g/mol. The Morgan fingerprint density at radius 2 is 2.27 bits per heavy atom. The zero-order chi connectivity index (χ0) is 10.6. The maximum Gasteiger partial charge on any atom is 0.314 e. The molecule has 3 rings (SSSR count). The number of rotatable bonds is 2. The summed E-state index contributed by atoms with van der Waals surface area (Å²) in [6.45, 7) is 0. The molecular weight excluding hydrogens is 345 g/mol. The quantitative estimate of drug-likeness (QED) is 0.846. The SMILES string of the molecule is O=C(O)C1(c2cc3sc(I)nc3s2)CC1. The summed E-state index contributed by atoms with van der Waals surface area (Å²) in [5.41, 5.74) is -0.573. The number of hydrogen-bond donors (Lipinski definition) is 1. The third kappa shape index (κ3) is 1.42. The van der Waals surface area contributed by atoms with Gasteiger partial charge in [-0.25, -0.2) is 4.98 Å². The number of carbonyl (C=O) groups is 1. The van der Waals surface area contributed by atoms with Gasteiger partial charge < -0.3 is 5.11 Å². The van der Waals surface area contributed by atoms with Crippen LogP contribution in [0.4, 0.5) is 0 Å². The number of hydrogen-bond acceptors (Lipinski definition) is 4. The summed E-state index contributed by atoms with van der Waals surface area (Å²) in [6.07, 6.45) is 1.54. The summed E-state index contributed by atoms with van der Waals surface area (Å²) in [5, 5.41) is 9.16. The van der Waals surface area contributed by atoms with Crippen LogP contribution >= 0.6 is 45.3 Å². The lowest BCUT2D eigenvalue weighted by atomic mass is 10.1. The van der Waals surface area contributed by atoms with E-state index in [1.165, 1.54) is 11.3 Å². The van der Waals surface area contributed by atoms with Crippen molar-refractivity contribution in [2.24, 2.45) is 0 Å². The summed E-state index contributed by atoms with van der Waals surface area (Å²) in [5.74, 6) is -0.689. The molecule has 1 aliphatic carbocycles. The number of carboxylic acids is 1. The van der Waals surface area contributed by atoms with E-state index in [0.29, 0.717) is 0 Å². The number of aromatic nitrogens is 1. The number of fused-ring (bicyclic) bond motifs is 1. The molecule has 0 spiro atoms. The first kappa shape index (κ1) is 9.98. The van der Waals surface area contributed by atoms with Crippen LogP contribution in [0.15, 0.2) is 6.07 Å². The standard InChI is InChI=1S/C9H6INO2S2/c10-8-11-6-4(14-8)3-5(15-6)9(1-2-9)7(12)13/h3H,1-2H2,(H,12,13). The van der Waals surface area contributed by atoms with Crippen molar-refractivity contribution in [3.63, 3.8) is 0 Å². The highest BCUT2D eigenvalue weighted by Gasteiger charge is 2.53. The lowest BCUT2D eigenvalue weighted by Gasteiger charge is -2.04. The highest BCUT2D eigenvalue weighted by molar-refractivity contribution is 14.1. The molecular formula is C9H6INO2S2. The molecule has 1 aliphatic rings. The largest absolute Gasteiger partial charge is 0.481 e. The van der Waals surface area contributed by atoms with Crippen molar-refractivity contribution >= 4 is 60.8 Å². The van der Waals surface area contributed by atoms with Crippen LogP contribution in [0.1, 0.15) is 17.7 Å². The smallest absolute Gasteiger partial charge is 0.314 e. The summed E-state index contributed by atoms with van der Waals surface area (Å²) >= 11 is 5.34. The van der Waals surface area contributed by atoms with Gasteiger partial charge in [-0.1, -0.05) is 0 Å². The number of halogens is 1. The Morgan fingerprint density at radius 3 is 2.80 bits per heavy atom. The normalized spacial score (nSPS) is 18.2. The molecule has 0 unspecified atom stereocenters. The fourth-order valence-corrected chi connectivity index (χ4v) is 4.93. The van der Waals surface area contributed by atoms with Crippen molar-refractivity contribution in [2.75, 3.05) is 0 Å². The molecule has 0 aliphatic heterocycles. The molecule has 15 heavy (non-hydrogen) atoms. The van der Waals surface area contributed by atoms with Crippen LogP contribution in [-0.4, -0.2) is 16.1 Å². The van der Waals surface area contributed by atoms with Gasteiger partial charge in [0.2, 0.25) is 0 Å². The van der Waals surface area contributed by atoms with Gasteiger partial charge in [-0.15, -0.1) is 22.7 Å². The molecule has 2 aromatic rings. The molecule has 1 N–H and O–H groups in total. The molecule has 0 aromatic carbocycles. The van der Waals surface area contributed by atoms with Gasteiger partial charge in [0, 0.05) is 4.88 Å². The molecule has 1 fully saturated rings. The van der Waals surface area contributed by atoms with E-state index >= 15 is 0 Å². The highest BCUT2D eigenvalue weighted by Crippen LogP contribution is 2.52. The number of aliphatic carboxylic acids is 1. The Kier molecular flexibility index (Phi) is 2.09. The Morgan fingerprint density at radius 1 is 1.53 bits per heavy atom. The minimum atomic E-state index is -0.689. The maximum atomic E-state index is 11.1.